The molecule has 0 saturated carbocycles. The number of piperidine rings is 1. The van der Waals surface area contributed by atoms with Gasteiger partial charge in [0.1, 0.15) is 0 Å². The molecule has 0 spiro atoms. The molecule has 1 aliphatic rings. The van der Waals surface area contributed by atoms with Crippen LogP contribution in [0, 0.1) is 0 Å². The summed E-state index contributed by atoms with van der Waals surface area (Å²) in [5.41, 5.74) is 3.68. The van der Waals surface area contributed by atoms with E-state index >= 15 is 0 Å². The van der Waals surface area contributed by atoms with Crippen LogP contribution in [0.25, 0.3) is 0 Å². The van der Waals surface area contributed by atoms with Crippen molar-refractivity contribution in [3.05, 3.63) is 90.0 Å². The molecule has 1 saturated heterocycles. The minimum atomic E-state index is -1.26. The zero-order chi connectivity index (χ0) is 30.8. The molecule has 222 valence electrons. The molecule has 0 aliphatic carbocycles. The van der Waals surface area contributed by atoms with Gasteiger partial charge in [0.2, 0.25) is 0 Å². The van der Waals surface area contributed by atoms with Crippen molar-refractivity contribution in [1.82, 2.24) is 4.90 Å². The van der Waals surface area contributed by atoms with Crippen LogP contribution < -0.4 is 4.90 Å². The molecule has 41 heavy (non-hydrogen) atoms. The number of carboxylic acid groups (broad SMARTS) is 4. The quantitative estimate of drug-likeness (QED) is 0.265. The number of carbonyl (C=O) groups is 4. The first-order valence-electron chi connectivity index (χ1n) is 12.9. The van der Waals surface area contributed by atoms with Crippen LogP contribution in [0.5, 0.6) is 0 Å². The fourth-order valence-corrected chi connectivity index (χ4v) is 3.95. The Morgan fingerprint density at radius 1 is 0.805 bits per heavy atom. The number of benzene rings is 2. The second-order valence-corrected chi connectivity index (χ2v) is 9.22. The Bertz CT molecular complexity index is 1090. The normalized spacial score (nSPS) is 14.1. The zero-order valence-corrected chi connectivity index (χ0v) is 23.2. The molecule has 0 radical (unpaired) electrons. The second-order valence-electron chi connectivity index (χ2n) is 9.22. The summed E-state index contributed by atoms with van der Waals surface area (Å²) >= 11 is 0. The lowest BCUT2D eigenvalue weighted by molar-refractivity contribution is -0.134. The molecule has 2 aromatic rings. The monoisotopic (exact) mass is 570 g/mol. The van der Waals surface area contributed by atoms with E-state index in [0.29, 0.717) is 30.3 Å². The van der Waals surface area contributed by atoms with Crippen molar-refractivity contribution in [3.8, 4) is 0 Å². The summed E-state index contributed by atoms with van der Waals surface area (Å²) in [6.45, 7) is 5.15. The van der Waals surface area contributed by atoms with E-state index in [1.807, 2.05) is 19.1 Å². The number of likely N-dealkylation sites (N-methyl/N-ethyl adjacent to an activating group) is 1. The summed E-state index contributed by atoms with van der Waals surface area (Å²) in [6, 6.07) is 19.8. The van der Waals surface area contributed by atoms with Crippen LogP contribution in [0.2, 0.25) is 0 Å². The fourth-order valence-electron chi connectivity index (χ4n) is 3.95. The molecule has 0 bridgehead atoms. The second kappa shape index (κ2) is 18.7. The minimum absolute atomic E-state index is 0.391. The van der Waals surface area contributed by atoms with Crippen LogP contribution in [0.1, 0.15) is 37.0 Å². The third-order valence-corrected chi connectivity index (χ3v) is 6.16. The molecule has 0 aromatic heterocycles. The van der Waals surface area contributed by atoms with Gasteiger partial charge in [0.05, 0.1) is 6.10 Å². The van der Waals surface area contributed by atoms with Crippen LogP contribution >= 0.6 is 0 Å². The van der Waals surface area contributed by atoms with E-state index in [9.17, 15) is 24.3 Å². The number of rotatable bonds is 10. The van der Waals surface area contributed by atoms with Gasteiger partial charge >= 0.3 is 23.9 Å². The van der Waals surface area contributed by atoms with Crippen molar-refractivity contribution in [2.45, 2.75) is 38.3 Å². The van der Waals surface area contributed by atoms with Crippen molar-refractivity contribution in [2.75, 3.05) is 31.6 Å². The lowest BCUT2D eigenvalue weighted by Crippen LogP contribution is -2.44. The van der Waals surface area contributed by atoms with Crippen LogP contribution in [-0.4, -0.2) is 87.0 Å². The first-order chi connectivity index (χ1) is 19.4. The average Bonchev–Trinajstić information content (AvgIpc) is 2.95. The number of hydrogen-bond acceptors (Lipinski definition) is 7. The van der Waals surface area contributed by atoms with E-state index in [0.717, 1.165) is 31.6 Å². The Morgan fingerprint density at radius 2 is 1.24 bits per heavy atom. The van der Waals surface area contributed by atoms with Gasteiger partial charge in [-0.05, 0) is 56.5 Å². The molecule has 1 aliphatic heterocycles. The summed E-state index contributed by atoms with van der Waals surface area (Å²) in [7, 11) is 2.26. The molecule has 11 heteroatoms. The van der Waals surface area contributed by atoms with Crippen molar-refractivity contribution in [1.29, 1.82) is 0 Å². The number of aliphatic hydroxyl groups is 1. The predicted octanol–water partition coefficient (Wildman–Crippen LogP) is 3.31. The highest BCUT2D eigenvalue weighted by Crippen LogP contribution is 2.24. The maximum atomic E-state index is 9.63. The van der Waals surface area contributed by atoms with E-state index in [4.69, 9.17) is 20.4 Å². The molecule has 2 aromatic carbocycles. The highest BCUT2D eigenvalue weighted by molar-refractivity contribution is 5.90. The van der Waals surface area contributed by atoms with Crippen molar-refractivity contribution >= 4 is 29.6 Å². The van der Waals surface area contributed by atoms with Crippen LogP contribution in [0.4, 0.5) is 5.69 Å². The summed E-state index contributed by atoms with van der Waals surface area (Å²) in [5.74, 6) is -5.03. The van der Waals surface area contributed by atoms with Gasteiger partial charge in [-0.3, -0.25) is 0 Å². The zero-order valence-electron chi connectivity index (χ0n) is 23.2. The standard InChI is InChI=1S/C22H30N2O.2C4H4O4/c1-18(25)20-8-10-22(11-9-20)24-16-13-21(14-17-24)23(2)15-12-19-6-4-3-5-7-19;2*5-3(6)1-2-4(7)8/h3-11,18,21,25H,12-17H2,1-2H3;2*1-2H,(H,5,6)(H,7,8). The van der Waals surface area contributed by atoms with Crippen LogP contribution in [-0.2, 0) is 25.6 Å². The third-order valence-electron chi connectivity index (χ3n) is 6.16. The molecule has 1 fully saturated rings. The Balaban J connectivity index is 0.000000433. The molecule has 0 amide bonds. The SMILES string of the molecule is CC(O)c1ccc(N2CCC(N(C)CCc3ccccc3)CC2)cc1.O=C(O)C=CC(=O)O.O=C(O)C=CC(=O)O. The van der Waals surface area contributed by atoms with E-state index in [1.54, 1.807) is 0 Å². The molecule has 1 atom stereocenters. The predicted molar refractivity (Wildman–Crippen MR) is 154 cm³/mol. The molecule has 5 N–H and O–H groups in total. The summed E-state index contributed by atoms with van der Waals surface area (Å²) in [5, 5.41) is 40.9. The van der Waals surface area contributed by atoms with Crippen molar-refractivity contribution < 1.29 is 44.7 Å². The van der Waals surface area contributed by atoms with Crippen molar-refractivity contribution in [2.24, 2.45) is 0 Å². The van der Waals surface area contributed by atoms with Crippen molar-refractivity contribution in [3.63, 3.8) is 0 Å². The maximum Gasteiger partial charge on any atom is 0.328 e. The molecule has 1 unspecified atom stereocenters. The summed E-state index contributed by atoms with van der Waals surface area (Å²) in [4.78, 5) is 43.2. The number of carboxylic acids is 4. The highest BCUT2D eigenvalue weighted by atomic mass is 16.4. The van der Waals surface area contributed by atoms with Gasteiger partial charge in [-0.25, -0.2) is 19.2 Å². The summed E-state index contributed by atoms with van der Waals surface area (Å²) < 4.78 is 0. The van der Waals surface area contributed by atoms with E-state index in [-0.39, 0.29) is 0 Å². The largest absolute Gasteiger partial charge is 0.478 e. The van der Waals surface area contributed by atoms with Gasteiger partial charge in [-0.2, -0.15) is 0 Å². The van der Waals surface area contributed by atoms with Gasteiger partial charge < -0.3 is 35.3 Å². The lowest BCUT2D eigenvalue weighted by atomic mass is 10.0. The Hall–Kier alpha value is -4.48. The first kappa shape index (κ1) is 34.5. The van der Waals surface area contributed by atoms with Gasteiger partial charge in [0, 0.05) is 55.7 Å². The van der Waals surface area contributed by atoms with E-state index in [1.165, 1.54) is 24.1 Å². The Kier molecular flexibility index (Phi) is 15.8. The fraction of sp³-hybridized carbons (Fsp3) is 0.333. The van der Waals surface area contributed by atoms with Gasteiger partial charge in [0.25, 0.3) is 0 Å². The van der Waals surface area contributed by atoms with Gasteiger partial charge in [-0.15, -0.1) is 0 Å². The average molecular weight is 571 g/mol. The van der Waals surface area contributed by atoms with Crippen LogP contribution in [0.3, 0.4) is 0 Å². The van der Waals surface area contributed by atoms with E-state index < -0.39 is 30.0 Å². The number of aliphatic hydroxyl groups excluding tert-OH is 1. The van der Waals surface area contributed by atoms with Gasteiger partial charge in [0.15, 0.2) is 0 Å². The Labute approximate surface area is 239 Å². The highest BCUT2D eigenvalue weighted by Gasteiger charge is 2.22. The number of aliphatic carboxylic acids is 4. The minimum Gasteiger partial charge on any atom is -0.478 e. The topological polar surface area (TPSA) is 176 Å². The first-order valence-corrected chi connectivity index (χ1v) is 12.9. The molecule has 1 heterocycles. The third kappa shape index (κ3) is 15.6. The smallest absolute Gasteiger partial charge is 0.328 e. The summed E-state index contributed by atoms with van der Waals surface area (Å²) in [6.07, 6.45) is 5.39. The Morgan fingerprint density at radius 3 is 1.63 bits per heavy atom. The maximum absolute atomic E-state index is 9.63. The molecule has 3 rings (SSSR count). The number of anilines is 1. The molecular weight excluding hydrogens is 532 g/mol. The van der Waals surface area contributed by atoms with Crippen LogP contribution in [0.15, 0.2) is 78.9 Å². The number of hydrogen-bond donors (Lipinski definition) is 5. The van der Waals surface area contributed by atoms with Gasteiger partial charge in [-0.1, -0.05) is 42.5 Å². The number of nitrogens with zero attached hydrogens (tertiary/aromatic N) is 2. The molecule has 11 nitrogen and oxygen atoms in total. The molecular formula is C30H38N2O9. The lowest BCUT2D eigenvalue weighted by Gasteiger charge is -2.38. The van der Waals surface area contributed by atoms with E-state index in [2.05, 4.69) is 59.3 Å².